The van der Waals surface area contributed by atoms with Crippen molar-refractivity contribution in [2.24, 2.45) is 0 Å². The Labute approximate surface area is 225 Å². The SMILES string of the molecule is COc1cc(OC)cc([C@H](C(=O)NC2CCCC2)N(C(=O)Cn2nnc3ccccc32)c2ccccc2F)c1. The van der Waals surface area contributed by atoms with Crippen molar-refractivity contribution in [3.63, 3.8) is 0 Å². The molecule has 0 unspecified atom stereocenters. The van der Waals surface area contributed by atoms with Crippen LogP contribution in [0.5, 0.6) is 11.5 Å². The van der Waals surface area contributed by atoms with E-state index in [-0.39, 0.29) is 18.3 Å². The lowest BCUT2D eigenvalue weighted by Crippen LogP contribution is -2.47. The van der Waals surface area contributed by atoms with E-state index < -0.39 is 23.7 Å². The zero-order chi connectivity index (χ0) is 27.4. The second kappa shape index (κ2) is 11.5. The molecule has 4 aromatic rings. The summed E-state index contributed by atoms with van der Waals surface area (Å²) in [4.78, 5) is 29.3. The molecule has 39 heavy (non-hydrogen) atoms. The zero-order valence-corrected chi connectivity index (χ0v) is 21.8. The molecule has 10 heteroatoms. The number of ether oxygens (including phenoxy) is 2. The van der Waals surface area contributed by atoms with Crippen molar-refractivity contribution in [1.82, 2.24) is 20.3 Å². The molecular formula is C29H30FN5O4. The molecule has 2 amide bonds. The number of halogens is 1. The van der Waals surface area contributed by atoms with Crippen molar-refractivity contribution >= 4 is 28.5 Å². The fourth-order valence-electron chi connectivity index (χ4n) is 5.06. The van der Waals surface area contributed by atoms with E-state index in [9.17, 15) is 9.59 Å². The van der Waals surface area contributed by atoms with E-state index in [0.717, 1.165) is 25.7 Å². The summed E-state index contributed by atoms with van der Waals surface area (Å²) >= 11 is 0. The average molecular weight is 532 g/mol. The van der Waals surface area contributed by atoms with Crippen LogP contribution in [0, 0.1) is 5.82 Å². The molecule has 0 spiro atoms. The molecule has 0 bridgehead atoms. The smallest absolute Gasteiger partial charge is 0.249 e. The lowest BCUT2D eigenvalue weighted by atomic mass is 10.0. The largest absolute Gasteiger partial charge is 0.497 e. The van der Waals surface area contributed by atoms with E-state index in [2.05, 4.69) is 15.6 Å². The predicted molar refractivity (Wildman–Crippen MR) is 144 cm³/mol. The van der Waals surface area contributed by atoms with Gasteiger partial charge in [-0.05, 0) is 54.8 Å². The van der Waals surface area contributed by atoms with Crippen molar-refractivity contribution < 1.29 is 23.5 Å². The predicted octanol–water partition coefficient (Wildman–Crippen LogP) is 4.42. The molecule has 1 aromatic heterocycles. The van der Waals surface area contributed by atoms with Gasteiger partial charge in [0.05, 0.1) is 25.4 Å². The van der Waals surface area contributed by atoms with E-state index >= 15 is 4.39 Å². The van der Waals surface area contributed by atoms with Crippen LogP contribution in [0.15, 0.2) is 66.7 Å². The molecule has 3 aromatic carbocycles. The summed E-state index contributed by atoms with van der Waals surface area (Å²) in [5.41, 5.74) is 1.66. The summed E-state index contributed by atoms with van der Waals surface area (Å²) in [5, 5.41) is 11.4. The first-order valence-electron chi connectivity index (χ1n) is 12.9. The summed E-state index contributed by atoms with van der Waals surface area (Å²) in [5.74, 6) is -0.721. The number of methoxy groups -OCH3 is 2. The van der Waals surface area contributed by atoms with Crippen LogP contribution in [-0.2, 0) is 16.1 Å². The number of nitrogens with one attached hydrogen (secondary N) is 1. The zero-order valence-electron chi connectivity index (χ0n) is 21.8. The van der Waals surface area contributed by atoms with Crippen LogP contribution in [0.25, 0.3) is 11.0 Å². The number of rotatable bonds is 9. The monoisotopic (exact) mass is 531 g/mol. The Morgan fingerprint density at radius 1 is 1.03 bits per heavy atom. The molecule has 1 heterocycles. The maximum atomic E-state index is 15.4. The number of nitrogens with zero attached hydrogens (tertiary/aromatic N) is 4. The fraction of sp³-hybridized carbons (Fsp3) is 0.310. The van der Waals surface area contributed by atoms with Gasteiger partial charge in [-0.1, -0.05) is 42.3 Å². The Bertz CT molecular complexity index is 1460. The minimum absolute atomic E-state index is 0.0238. The number of benzene rings is 3. The summed E-state index contributed by atoms with van der Waals surface area (Å²) in [6, 6.07) is 16.9. The van der Waals surface area contributed by atoms with Crippen LogP contribution in [0.4, 0.5) is 10.1 Å². The van der Waals surface area contributed by atoms with Crippen molar-refractivity contribution in [1.29, 1.82) is 0 Å². The molecule has 1 saturated carbocycles. The molecule has 0 saturated heterocycles. The lowest BCUT2D eigenvalue weighted by molar-refractivity contribution is -0.127. The van der Waals surface area contributed by atoms with Gasteiger partial charge in [-0.15, -0.1) is 5.10 Å². The maximum Gasteiger partial charge on any atom is 0.249 e. The van der Waals surface area contributed by atoms with Crippen LogP contribution in [-0.4, -0.2) is 47.1 Å². The van der Waals surface area contributed by atoms with Crippen LogP contribution in [0.3, 0.4) is 0 Å². The molecule has 0 aliphatic heterocycles. The Morgan fingerprint density at radius 2 is 1.69 bits per heavy atom. The van der Waals surface area contributed by atoms with Gasteiger partial charge in [0.15, 0.2) is 0 Å². The molecule has 1 aliphatic rings. The van der Waals surface area contributed by atoms with Crippen LogP contribution in [0.2, 0.25) is 0 Å². The molecule has 5 rings (SSSR count). The molecule has 1 fully saturated rings. The highest BCUT2D eigenvalue weighted by Crippen LogP contribution is 2.35. The molecule has 9 nitrogen and oxygen atoms in total. The molecule has 1 atom stereocenters. The number of para-hydroxylation sites is 2. The number of hydrogen-bond acceptors (Lipinski definition) is 6. The second-order valence-corrected chi connectivity index (χ2v) is 9.49. The normalized spacial score (nSPS) is 14.2. The van der Waals surface area contributed by atoms with Gasteiger partial charge in [-0.2, -0.15) is 0 Å². The van der Waals surface area contributed by atoms with Crippen molar-refractivity contribution in [2.45, 2.75) is 44.3 Å². The van der Waals surface area contributed by atoms with Gasteiger partial charge >= 0.3 is 0 Å². The third kappa shape index (κ3) is 5.55. The van der Waals surface area contributed by atoms with Gasteiger partial charge in [0.25, 0.3) is 0 Å². The van der Waals surface area contributed by atoms with Gasteiger partial charge < -0.3 is 14.8 Å². The fourth-order valence-corrected chi connectivity index (χ4v) is 5.06. The third-order valence-corrected chi connectivity index (χ3v) is 6.98. The summed E-state index contributed by atoms with van der Waals surface area (Å²) in [6.07, 6.45) is 3.72. The average Bonchev–Trinajstić information content (AvgIpc) is 3.62. The first-order chi connectivity index (χ1) is 19.0. The Morgan fingerprint density at radius 3 is 2.38 bits per heavy atom. The van der Waals surface area contributed by atoms with Crippen LogP contribution >= 0.6 is 0 Å². The van der Waals surface area contributed by atoms with Gasteiger partial charge in [-0.3, -0.25) is 14.5 Å². The quantitative estimate of drug-likeness (QED) is 0.343. The number of carbonyl (C=O) groups excluding carboxylic acids is 2. The summed E-state index contributed by atoms with van der Waals surface area (Å²) in [6.45, 7) is -0.261. The Balaban J connectivity index is 1.63. The van der Waals surface area contributed by atoms with E-state index in [1.807, 2.05) is 12.1 Å². The number of carbonyl (C=O) groups is 2. The van der Waals surface area contributed by atoms with Crippen LogP contribution < -0.4 is 19.7 Å². The van der Waals surface area contributed by atoms with Crippen molar-refractivity contribution in [3.8, 4) is 11.5 Å². The summed E-state index contributed by atoms with van der Waals surface area (Å²) < 4.78 is 27.7. The molecule has 1 aliphatic carbocycles. The van der Waals surface area contributed by atoms with Gasteiger partial charge in [0, 0.05) is 12.1 Å². The summed E-state index contributed by atoms with van der Waals surface area (Å²) in [7, 11) is 3.00. The minimum atomic E-state index is -1.21. The maximum absolute atomic E-state index is 15.4. The molecule has 0 radical (unpaired) electrons. The number of hydrogen-bond donors (Lipinski definition) is 1. The standard InChI is InChI=1S/C29H30FN5O4/c1-38-21-15-19(16-22(17-21)39-2)28(29(37)31-20-9-3-4-10-20)35(25-13-7-5-11-23(25)30)27(36)18-34-26-14-8-6-12-24(26)32-33-34/h5-8,11-17,20,28H,3-4,9-10,18H2,1-2H3,(H,31,37)/t28-/m1/s1. The van der Waals surface area contributed by atoms with E-state index in [1.54, 1.807) is 36.4 Å². The van der Waals surface area contributed by atoms with Crippen molar-refractivity contribution in [3.05, 3.63) is 78.1 Å². The van der Waals surface area contributed by atoms with E-state index in [4.69, 9.17) is 9.47 Å². The second-order valence-electron chi connectivity index (χ2n) is 9.49. The first-order valence-corrected chi connectivity index (χ1v) is 12.9. The molecule has 1 N–H and O–H groups in total. The minimum Gasteiger partial charge on any atom is -0.497 e. The highest BCUT2D eigenvalue weighted by atomic mass is 19.1. The Hall–Kier alpha value is -4.47. The van der Waals surface area contributed by atoms with Crippen molar-refractivity contribution in [2.75, 3.05) is 19.1 Å². The number of fused-ring (bicyclic) bond motifs is 1. The Kier molecular flexibility index (Phi) is 7.72. The molecule has 202 valence electrons. The van der Waals surface area contributed by atoms with Gasteiger partial charge in [0.2, 0.25) is 11.8 Å². The number of amides is 2. The van der Waals surface area contributed by atoms with Gasteiger partial charge in [-0.25, -0.2) is 9.07 Å². The molecular weight excluding hydrogens is 501 g/mol. The number of aromatic nitrogens is 3. The van der Waals surface area contributed by atoms with E-state index in [1.165, 1.54) is 42.0 Å². The van der Waals surface area contributed by atoms with E-state index in [0.29, 0.717) is 28.1 Å². The van der Waals surface area contributed by atoms with Crippen LogP contribution in [0.1, 0.15) is 37.3 Å². The highest BCUT2D eigenvalue weighted by molar-refractivity contribution is 6.01. The number of anilines is 1. The third-order valence-electron chi connectivity index (χ3n) is 6.98. The highest BCUT2D eigenvalue weighted by Gasteiger charge is 2.36. The van der Waals surface area contributed by atoms with Gasteiger partial charge in [0.1, 0.15) is 35.4 Å². The first kappa shape index (κ1) is 26.1. The lowest BCUT2D eigenvalue weighted by Gasteiger charge is -2.33. The topological polar surface area (TPSA) is 98.6 Å².